The van der Waals surface area contributed by atoms with Crippen LogP contribution in [0.3, 0.4) is 0 Å². The summed E-state index contributed by atoms with van der Waals surface area (Å²) in [6.07, 6.45) is 6.07. The predicted molar refractivity (Wildman–Crippen MR) is 114 cm³/mol. The number of nitrogens with zero attached hydrogens (tertiary/aromatic N) is 4. The molecule has 1 aliphatic rings. The number of aromatic nitrogens is 4. The van der Waals surface area contributed by atoms with E-state index < -0.39 is 31.4 Å². The van der Waals surface area contributed by atoms with Gasteiger partial charge in [0.15, 0.2) is 17.7 Å². The van der Waals surface area contributed by atoms with E-state index >= 15 is 0 Å². The normalized spacial score (nSPS) is 26.8. The van der Waals surface area contributed by atoms with E-state index in [2.05, 4.69) is 41.5 Å². The molecule has 0 radical (unpaired) electrons. The number of aliphatic hydroxyl groups is 2. The maximum Gasteiger partial charge on any atom is 0.167 e. The third-order valence-corrected chi connectivity index (χ3v) is 6.71. The summed E-state index contributed by atoms with van der Waals surface area (Å²) in [5.41, 5.74) is 7.06. The maximum atomic E-state index is 10.7. The number of nitrogen functional groups attached to an aromatic ring is 1. The summed E-state index contributed by atoms with van der Waals surface area (Å²) in [5.74, 6) is 1.04. The van der Waals surface area contributed by atoms with E-state index in [9.17, 15) is 10.2 Å². The fraction of sp³-hybridized carbons (Fsp3) is 0.684. The van der Waals surface area contributed by atoms with Crippen LogP contribution in [0, 0.1) is 5.92 Å². The van der Waals surface area contributed by atoms with E-state index in [-0.39, 0.29) is 5.92 Å². The van der Waals surface area contributed by atoms with Crippen molar-refractivity contribution in [3.8, 4) is 0 Å². The van der Waals surface area contributed by atoms with Crippen molar-refractivity contribution in [1.29, 1.82) is 0 Å². The molecule has 3 heterocycles. The minimum atomic E-state index is -1.29. The van der Waals surface area contributed by atoms with Crippen LogP contribution in [0.2, 0.25) is 0 Å². The quantitative estimate of drug-likeness (QED) is 0.596. The second-order valence-corrected chi connectivity index (χ2v) is 12.8. The summed E-state index contributed by atoms with van der Waals surface area (Å²) in [5, 5.41) is 21.3. The molecule has 156 valence electrons. The second kappa shape index (κ2) is 8.11. The monoisotopic (exact) mass is 409 g/mol. The van der Waals surface area contributed by atoms with E-state index in [0.29, 0.717) is 22.8 Å². The molecule has 1 unspecified atom stereocenters. The summed E-state index contributed by atoms with van der Waals surface area (Å²) < 4.78 is 7.78. The lowest BCUT2D eigenvalue weighted by Gasteiger charge is -2.26. The van der Waals surface area contributed by atoms with Gasteiger partial charge in [-0.05, 0) is 31.8 Å². The lowest BCUT2D eigenvalue weighted by atomic mass is 10.0. The minimum absolute atomic E-state index is 0.0741. The van der Waals surface area contributed by atoms with Crippen molar-refractivity contribution in [2.75, 3.05) is 25.2 Å². The summed E-state index contributed by atoms with van der Waals surface area (Å²) in [6.45, 7) is 7.15. The number of imidazole rings is 1. The number of hydrogen-bond donors (Lipinski definition) is 3. The van der Waals surface area contributed by atoms with E-state index in [0.717, 1.165) is 25.4 Å². The Balaban J connectivity index is 1.91. The average Bonchev–Trinajstić information content (AvgIpc) is 3.14. The van der Waals surface area contributed by atoms with Gasteiger partial charge in [-0.2, -0.15) is 0 Å². The zero-order valence-corrected chi connectivity index (χ0v) is 18.0. The van der Waals surface area contributed by atoms with Gasteiger partial charge in [0.05, 0.1) is 12.4 Å². The number of anilines is 1. The number of ether oxygens (including phenoxy) is 1. The lowest BCUT2D eigenvalue weighted by molar-refractivity contribution is -0.0487. The first-order valence-electron chi connectivity index (χ1n) is 9.80. The van der Waals surface area contributed by atoms with Crippen LogP contribution in [0.1, 0.15) is 38.7 Å². The number of nitrogens with two attached hydrogens (primary N) is 1. The molecular weight excluding hydrogens is 377 g/mol. The number of rotatable bonds is 7. The molecule has 2 aromatic heterocycles. The molecule has 28 heavy (non-hydrogen) atoms. The number of unbranched alkanes of at least 4 members (excludes halogenated alkanes) is 1. The van der Waals surface area contributed by atoms with Crippen molar-refractivity contribution in [2.45, 2.75) is 57.6 Å². The van der Waals surface area contributed by atoms with Gasteiger partial charge in [0.25, 0.3) is 0 Å². The third kappa shape index (κ3) is 4.25. The number of fused-ring (bicyclic) bond motifs is 1. The van der Waals surface area contributed by atoms with Crippen LogP contribution in [-0.4, -0.2) is 73.8 Å². The van der Waals surface area contributed by atoms with Crippen molar-refractivity contribution in [3.05, 3.63) is 12.2 Å². The minimum Gasteiger partial charge on any atom is -0.388 e. The van der Waals surface area contributed by atoms with E-state index in [1.165, 1.54) is 0 Å². The van der Waals surface area contributed by atoms with Gasteiger partial charge < -0.3 is 20.7 Å². The summed E-state index contributed by atoms with van der Waals surface area (Å²) in [6, 6.07) is 0. The Kier molecular flexibility index (Phi) is 6.15. The van der Waals surface area contributed by atoms with Crippen molar-refractivity contribution in [3.63, 3.8) is 0 Å². The van der Waals surface area contributed by atoms with E-state index in [4.69, 9.17) is 10.5 Å². The van der Waals surface area contributed by atoms with Gasteiger partial charge in [0.2, 0.25) is 0 Å². The Hall–Kier alpha value is -1.47. The fourth-order valence-electron chi connectivity index (χ4n) is 3.89. The highest BCUT2D eigenvalue weighted by Crippen LogP contribution is 2.42. The lowest BCUT2D eigenvalue weighted by Crippen LogP contribution is -2.36. The molecule has 0 aliphatic carbocycles. The fourth-order valence-corrected chi connectivity index (χ4v) is 5.65. The molecule has 8 nitrogen and oxygen atoms in total. The molecule has 1 saturated heterocycles. The van der Waals surface area contributed by atoms with Crippen LogP contribution in [0.15, 0.2) is 6.33 Å². The van der Waals surface area contributed by atoms with Crippen LogP contribution in [0.4, 0.5) is 5.82 Å². The molecule has 0 amide bonds. The van der Waals surface area contributed by atoms with Gasteiger partial charge in [-0.3, -0.25) is 4.57 Å². The largest absolute Gasteiger partial charge is 0.388 e. The zero-order valence-electron chi connectivity index (χ0n) is 17.1. The smallest absolute Gasteiger partial charge is 0.167 e. The molecule has 1 aliphatic heterocycles. The number of hydrogen-bond acceptors (Lipinski definition) is 7. The van der Waals surface area contributed by atoms with Crippen LogP contribution >= 0.6 is 6.89 Å². The topological polar surface area (TPSA) is 119 Å². The molecule has 3 rings (SSSR count). The van der Waals surface area contributed by atoms with Crippen LogP contribution in [0.5, 0.6) is 0 Å². The molecule has 0 aromatic carbocycles. The molecule has 2 aromatic rings. The Morgan fingerprint density at radius 2 is 2.04 bits per heavy atom. The molecule has 1 fully saturated rings. The Morgan fingerprint density at radius 3 is 2.68 bits per heavy atom. The first-order chi connectivity index (χ1) is 13.1. The van der Waals surface area contributed by atoms with Crippen molar-refractivity contribution < 1.29 is 14.9 Å². The first-order valence-corrected chi connectivity index (χ1v) is 12.9. The second-order valence-electron chi connectivity index (χ2n) is 8.52. The molecule has 9 heteroatoms. The molecule has 0 spiro atoms. The van der Waals surface area contributed by atoms with Gasteiger partial charge in [0, 0.05) is 6.42 Å². The Labute approximate surface area is 166 Å². The third-order valence-electron chi connectivity index (χ3n) is 5.14. The van der Waals surface area contributed by atoms with E-state index in [1.807, 2.05) is 6.92 Å². The van der Waals surface area contributed by atoms with Gasteiger partial charge in [-0.25, -0.2) is 15.0 Å². The number of aryl methyl sites for hydroxylation is 1. The SMILES string of the molecule is C=P(C)(C)CC(C)[C@H]1O[C@@H](n2cnc3c(N)nc(CCCC)nc32)[C@H](O)[C@@H]1O. The highest BCUT2D eigenvalue weighted by atomic mass is 31.2. The Bertz CT molecular complexity index is 880. The predicted octanol–water partition coefficient (Wildman–Crippen LogP) is 1.72. The number of aliphatic hydroxyl groups excluding tert-OH is 2. The maximum absolute atomic E-state index is 10.7. The molecule has 4 N–H and O–H groups in total. The zero-order chi connectivity index (χ0) is 20.6. The molecule has 0 bridgehead atoms. The average molecular weight is 409 g/mol. The van der Waals surface area contributed by atoms with Crippen molar-refractivity contribution in [1.82, 2.24) is 19.5 Å². The van der Waals surface area contributed by atoms with Crippen LogP contribution in [-0.2, 0) is 11.2 Å². The molecular formula is C19H32N5O3P. The van der Waals surface area contributed by atoms with Crippen LogP contribution < -0.4 is 5.73 Å². The van der Waals surface area contributed by atoms with Gasteiger partial charge in [-0.1, -0.05) is 20.3 Å². The standard InChI is InChI=1S/C19H32N5O3P/c1-6-7-8-12-22-17(20)13-18(23-12)24(10-21-13)19-15(26)14(25)16(27-19)11(2)9-28(3,4)5/h10-11,14-16,19,25-26H,3,6-9H2,1-2,4-5H3,(H2,20,22,23)/t11?,14-,15+,16+,19+/m0/s1. The summed E-state index contributed by atoms with van der Waals surface area (Å²) >= 11 is 0. The van der Waals surface area contributed by atoms with Crippen molar-refractivity contribution >= 4 is 30.2 Å². The van der Waals surface area contributed by atoms with Crippen LogP contribution in [0.25, 0.3) is 11.2 Å². The van der Waals surface area contributed by atoms with Gasteiger partial charge in [-0.15, -0.1) is 13.2 Å². The summed E-state index contributed by atoms with van der Waals surface area (Å²) in [4.78, 5) is 13.2. The Morgan fingerprint density at radius 1 is 1.32 bits per heavy atom. The first kappa shape index (κ1) is 21.2. The highest BCUT2D eigenvalue weighted by Gasteiger charge is 2.46. The highest BCUT2D eigenvalue weighted by molar-refractivity contribution is 7.72. The molecule has 0 saturated carbocycles. The van der Waals surface area contributed by atoms with Gasteiger partial charge in [0.1, 0.15) is 23.5 Å². The summed E-state index contributed by atoms with van der Waals surface area (Å²) in [7, 11) is 0. The van der Waals surface area contributed by atoms with Crippen molar-refractivity contribution in [2.24, 2.45) is 5.92 Å². The van der Waals surface area contributed by atoms with Gasteiger partial charge >= 0.3 is 0 Å². The van der Waals surface area contributed by atoms with E-state index in [1.54, 1.807) is 10.9 Å². The molecule has 5 atom stereocenters.